The average molecular weight is 218 g/mol. The Morgan fingerprint density at radius 2 is 1.93 bits per heavy atom. The lowest BCUT2D eigenvalue weighted by Crippen LogP contribution is -2.39. The largest absolute Gasteiger partial charge is 0.325 e. The first-order chi connectivity index (χ1) is 6.47. The molecule has 1 unspecified atom stereocenters. The lowest BCUT2D eigenvalue weighted by Gasteiger charge is -2.19. The van der Waals surface area contributed by atoms with E-state index in [0.29, 0.717) is 5.75 Å². The van der Waals surface area contributed by atoms with E-state index in [4.69, 9.17) is 5.73 Å². The van der Waals surface area contributed by atoms with Crippen LogP contribution in [0.25, 0.3) is 0 Å². The fraction of sp³-hybridized carbons (Fsp3) is 1.00. The summed E-state index contributed by atoms with van der Waals surface area (Å²) in [4.78, 5) is 2.39. The van der Waals surface area contributed by atoms with Crippen molar-refractivity contribution in [1.29, 1.82) is 0 Å². The third kappa shape index (κ3) is 5.08. The van der Waals surface area contributed by atoms with Crippen LogP contribution in [0, 0.1) is 0 Å². The zero-order valence-corrected chi connectivity index (χ0v) is 10.1. The van der Waals surface area contributed by atoms with Gasteiger partial charge in [-0.05, 0) is 39.8 Å². The summed E-state index contributed by atoms with van der Waals surface area (Å²) in [5.41, 5.74) is 5.52. The van der Waals surface area contributed by atoms with Crippen LogP contribution in [0.3, 0.4) is 0 Å². The minimum atomic E-state index is -0.752. The van der Waals surface area contributed by atoms with E-state index < -0.39 is 10.8 Å². The van der Waals surface area contributed by atoms with Crippen molar-refractivity contribution in [3.8, 4) is 0 Å². The maximum absolute atomic E-state index is 11.6. The molecule has 0 bridgehead atoms. The summed E-state index contributed by atoms with van der Waals surface area (Å²) in [5, 5.41) is 0. The van der Waals surface area contributed by atoms with Gasteiger partial charge in [-0.1, -0.05) is 0 Å². The topological polar surface area (TPSA) is 46.3 Å². The van der Waals surface area contributed by atoms with Gasteiger partial charge in [0, 0.05) is 34.4 Å². The van der Waals surface area contributed by atoms with Gasteiger partial charge in [0.05, 0.1) is 0 Å². The molecule has 0 aromatic heterocycles. The highest BCUT2D eigenvalue weighted by Gasteiger charge is 2.17. The second-order valence-corrected chi connectivity index (χ2v) is 6.40. The van der Waals surface area contributed by atoms with Gasteiger partial charge in [-0.3, -0.25) is 4.21 Å². The minimum Gasteiger partial charge on any atom is -0.325 e. The van der Waals surface area contributed by atoms with E-state index in [-0.39, 0.29) is 5.54 Å². The molecule has 1 heterocycles. The summed E-state index contributed by atoms with van der Waals surface area (Å²) in [5.74, 6) is 1.39. The van der Waals surface area contributed by atoms with Crippen molar-refractivity contribution in [2.24, 2.45) is 5.73 Å². The first kappa shape index (κ1) is 12.1. The van der Waals surface area contributed by atoms with Crippen LogP contribution in [0.4, 0.5) is 0 Å². The van der Waals surface area contributed by atoms with Gasteiger partial charge in [0.2, 0.25) is 0 Å². The molecule has 0 aliphatic carbocycles. The Bertz CT molecular complexity index is 195. The normalized spacial score (nSPS) is 21.4. The van der Waals surface area contributed by atoms with Gasteiger partial charge >= 0.3 is 0 Å². The Hall–Kier alpha value is 0.0700. The highest BCUT2D eigenvalue weighted by molar-refractivity contribution is 7.85. The fourth-order valence-electron chi connectivity index (χ4n) is 1.72. The molecule has 0 amide bonds. The molecule has 0 spiro atoms. The van der Waals surface area contributed by atoms with Gasteiger partial charge in [-0.25, -0.2) is 0 Å². The molecule has 0 radical (unpaired) electrons. The summed E-state index contributed by atoms with van der Waals surface area (Å²) >= 11 is 0. The smallest absolute Gasteiger partial charge is 0.0410 e. The molecule has 0 aromatic rings. The summed E-state index contributed by atoms with van der Waals surface area (Å²) in [6.45, 7) is 7.20. The van der Waals surface area contributed by atoms with Crippen LogP contribution in [0.5, 0.6) is 0 Å². The molecular formula is C10H22N2OS. The number of hydrogen-bond donors (Lipinski definition) is 1. The van der Waals surface area contributed by atoms with Crippen LogP contribution in [0.2, 0.25) is 0 Å². The highest BCUT2D eigenvalue weighted by atomic mass is 32.2. The Morgan fingerprint density at radius 1 is 1.36 bits per heavy atom. The van der Waals surface area contributed by atoms with Crippen LogP contribution in [-0.4, -0.2) is 45.8 Å². The van der Waals surface area contributed by atoms with Crippen LogP contribution in [0.1, 0.15) is 26.7 Å². The van der Waals surface area contributed by atoms with E-state index in [1.165, 1.54) is 25.9 Å². The van der Waals surface area contributed by atoms with Gasteiger partial charge in [0.15, 0.2) is 0 Å². The first-order valence-corrected chi connectivity index (χ1v) is 6.82. The quantitative estimate of drug-likeness (QED) is 0.734. The van der Waals surface area contributed by atoms with E-state index in [1.807, 2.05) is 13.8 Å². The van der Waals surface area contributed by atoms with Gasteiger partial charge < -0.3 is 10.6 Å². The Balaban J connectivity index is 2.14. The van der Waals surface area contributed by atoms with Crippen LogP contribution in [-0.2, 0) is 10.8 Å². The number of hydrogen-bond acceptors (Lipinski definition) is 3. The Labute approximate surface area is 89.5 Å². The van der Waals surface area contributed by atoms with Crippen LogP contribution < -0.4 is 5.73 Å². The zero-order chi connectivity index (χ0) is 10.6. The summed E-state index contributed by atoms with van der Waals surface area (Å²) in [6.07, 6.45) is 2.60. The van der Waals surface area contributed by atoms with E-state index in [2.05, 4.69) is 4.90 Å². The van der Waals surface area contributed by atoms with Crippen LogP contribution in [0.15, 0.2) is 0 Å². The van der Waals surface area contributed by atoms with Gasteiger partial charge in [-0.15, -0.1) is 0 Å². The molecule has 3 nitrogen and oxygen atoms in total. The van der Waals surface area contributed by atoms with Crippen molar-refractivity contribution in [2.75, 3.05) is 31.1 Å². The zero-order valence-electron chi connectivity index (χ0n) is 9.29. The van der Waals surface area contributed by atoms with Gasteiger partial charge in [0.25, 0.3) is 0 Å². The van der Waals surface area contributed by atoms with Crippen molar-refractivity contribution in [2.45, 2.75) is 32.2 Å². The molecule has 2 N–H and O–H groups in total. The molecule has 1 aliphatic rings. The van der Waals surface area contributed by atoms with E-state index in [9.17, 15) is 4.21 Å². The number of likely N-dealkylation sites (tertiary alicyclic amines) is 1. The summed E-state index contributed by atoms with van der Waals surface area (Å²) < 4.78 is 11.6. The molecule has 14 heavy (non-hydrogen) atoms. The van der Waals surface area contributed by atoms with Crippen molar-refractivity contribution in [3.63, 3.8) is 0 Å². The number of nitrogens with two attached hydrogens (primary N) is 1. The molecule has 84 valence electrons. The lowest BCUT2D eigenvalue weighted by atomic mass is 10.1. The Kier molecular flexibility index (Phi) is 4.54. The van der Waals surface area contributed by atoms with Crippen molar-refractivity contribution in [1.82, 2.24) is 4.90 Å². The monoisotopic (exact) mass is 218 g/mol. The second kappa shape index (κ2) is 5.24. The van der Waals surface area contributed by atoms with Crippen molar-refractivity contribution < 1.29 is 4.21 Å². The molecule has 1 fully saturated rings. The number of nitrogens with zero attached hydrogens (tertiary/aromatic N) is 1. The SMILES string of the molecule is CC(C)(N)CS(=O)CCN1CCCC1. The first-order valence-electron chi connectivity index (χ1n) is 5.33. The average Bonchev–Trinajstić information content (AvgIpc) is 2.49. The molecule has 0 aromatic carbocycles. The predicted molar refractivity (Wildman–Crippen MR) is 61.8 cm³/mol. The molecule has 4 heteroatoms. The molecule has 1 rings (SSSR count). The Morgan fingerprint density at radius 3 is 2.43 bits per heavy atom. The van der Waals surface area contributed by atoms with Crippen molar-refractivity contribution in [3.05, 3.63) is 0 Å². The van der Waals surface area contributed by atoms with E-state index >= 15 is 0 Å². The highest BCUT2D eigenvalue weighted by Crippen LogP contribution is 2.07. The third-order valence-electron chi connectivity index (χ3n) is 2.37. The van der Waals surface area contributed by atoms with Crippen molar-refractivity contribution >= 4 is 10.8 Å². The number of rotatable bonds is 5. The second-order valence-electron chi connectivity index (χ2n) is 4.83. The third-order valence-corrected chi connectivity index (χ3v) is 4.07. The molecule has 1 aliphatic heterocycles. The maximum Gasteiger partial charge on any atom is 0.0410 e. The molecule has 0 saturated carbocycles. The standard InChI is InChI=1S/C10H22N2OS/c1-10(2,11)9-14(13)8-7-12-5-3-4-6-12/h3-9,11H2,1-2H3. The molecule has 1 atom stereocenters. The van der Waals surface area contributed by atoms with E-state index in [1.54, 1.807) is 0 Å². The molecule has 1 saturated heterocycles. The lowest BCUT2D eigenvalue weighted by molar-refractivity contribution is 0.360. The van der Waals surface area contributed by atoms with E-state index in [0.717, 1.165) is 12.3 Å². The van der Waals surface area contributed by atoms with Crippen LogP contribution >= 0.6 is 0 Å². The van der Waals surface area contributed by atoms with Gasteiger partial charge in [0.1, 0.15) is 0 Å². The predicted octanol–water partition coefficient (Wildman–Crippen LogP) is 0.568. The fourth-order valence-corrected chi connectivity index (χ4v) is 3.16. The maximum atomic E-state index is 11.6. The summed E-state index contributed by atoms with van der Waals surface area (Å²) in [6, 6.07) is 0. The molecular weight excluding hydrogens is 196 g/mol. The minimum absolute atomic E-state index is 0.296. The van der Waals surface area contributed by atoms with Gasteiger partial charge in [-0.2, -0.15) is 0 Å². The summed E-state index contributed by atoms with van der Waals surface area (Å²) in [7, 11) is -0.752.